The number of hydrogen-bond acceptors (Lipinski definition) is 1. The van der Waals surface area contributed by atoms with Crippen LogP contribution in [0.3, 0.4) is 0 Å². The molecular weight excluding hydrogens is 260 g/mol. The highest BCUT2D eigenvalue weighted by atomic mass is 16.4. The van der Waals surface area contributed by atoms with E-state index in [1.165, 1.54) is 18.4 Å². The number of rotatable bonds is 4. The summed E-state index contributed by atoms with van der Waals surface area (Å²) in [5.74, 6) is 0.939. The molecular formula is C19H28O2. The van der Waals surface area contributed by atoms with E-state index in [0.717, 1.165) is 12.0 Å². The van der Waals surface area contributed by atoms with E-state index in [4.69, 9.17) is 0 Å². The molecule has 2 nitrogen and oxygen atoms in total. The number of carbonyl (C=O) groups is 1. The number of carboxylic acid groups (broad SMARTS) is 1. The van der Waals surface area contributed by atoms with E-state index in [1.807, 2.05) is 31.2 Å². The fourth-order valence-corrected chi connectivity index (χ4v) is 4.01. The lowest BCUT2D eigenvalue weighted by Crippen LogP contribution is -2.35. The predicted molar refractivity (Wildman–Crippen MR) is 86.4 cm³/mol. The summed E-state index contributed by atoms with van der Waals surface area (Å²) in [4.78, 5) is 12.0. The summed E-state index contributed by atoms with van der Waals surface area (Å²) in [5, 5.41) is 9.83. The van der Waals surface area contributed by atoms with Gasteiger partial charge in [-0.3, -0.25) is 4.79 Å². The van der Waals surface area contributed by atoms with Crippen LogP contribution in [0.5, 0.6) is 0 Å². The summed E-state index contributed by atoms with van der Waals surface area (Å²) >= 11 is 0. The topological polar surface area (TPSA) is 37.3 Å². The molecule has 1 aromatic carbocycles. The van der Waals surface area contributed by atoms with Gasteiger partial charge in [0.15, 0.2) is 0 Å². The minimum atomic E-state index is -0.663. The molecule has 0 radical (unpaired) electrons. The molecule has 1 unspecified atom stereocenters. The van der Waals surface area contributed by atoms with Gasteiger partial charge in [0, 0.05) is 0 Å². The van der Waals surface area contributed by atoms with E-state index >= 15 is 0 Å². The van der Waals surface area contributed by atoms with Gasteiger partial charge in [0.2, 0.25) is 0 Å². The van der Waals surface area contributed by atoms with Crippen LogP contribution < -0.4 is 0 Å². The van der Waals surface area contributed by atoms with Crippen molar-refractivity contribution in [3.8, 4) is 0 Å². The molecule has 1 aliphatic carbocycles. The van der Waals surface area contributed by atoms with Crippen LogP contribution in [-0.4, -0.2) is 11.1 Å². The maximum Gasteiger partial charge on any atom is 0.311 e. The lowest BCUT2D eigenvalue weighted by Gasteiger charge is -2.40. The normalized spacial score (nSPS) is 27.6. The minimum Gasteiger partial charge on any atom is -0.481 e. The summed E-state index contributed by atoms with van der Waals surface area (Å²) in [7, 11) is 0. The first-order chi connectivity index (χ1) is 9.90. The van der Waals surface area contributed by atoms with Crippen molar-refractivity contribution in [2.24, 2.45) is 23.7 Å². The fraction of sp³-hybridized carbons (Fsp3) is 0.632. The van der Waals surface area contributed by atoms with Gasteiger partial charge in [-0.25, -0.2) is 0 Å². The second kappa shape index (κ2) is 6.64. The third-order valence-corrected chi connectivity index (χ3v) is 5.20. The monoisotopic (exact) mass is 288 g/mol. The zero-order chi connectivity index (χ0) is 15.6. The van der Waals surface area contributed by atoms with Gasteiger partial charge in [0.05, 0.1) is 5.92 Å². The Labute approximate surface area is 128 Å². The lowest BCUT2D eigenvalue weighted by atomic mass is 9.64. The predicted octanol–water partition coefficient (Wildman–Crippen LogP) is 4.87. The van der Waals surface area contributed by atoms with Gasteiger partial charge in [-0.15, -0.1) is 0 Å². The second-order valence-electron chi connectivity index (χ2n) is 7.22. The Morgan fingerprint density at radius 1 is 1.14 bits per heavy atom. The number of aryl methyl sites for hydroxylation is 1. The van der Waals surface area contributed by atoms with Gasteiger partial charge in [0.1, 0.15) is 0 Å². The summed E-state index contributed by atoms with van der Waals surface area (Å²) in [6.07, 6.45) is 3.44. The van der Waals surface area contributed by atoms with Gasteiger partial charge in [-0.2, -0.15) is 0 Å². The number of hydrogen-bond donors (Lipinski definition) is 1. The Balaban J connectivity index is 2.34. The molecule has 2 rings (SSSR count). The van der Waals surface area contributed by atoms with Crippen molar-refractivity contribution in [1.82, 2.24) is 0 Å². The Hall–Kier alpha value is -1.31. The molecule has 21 heavy (non-hydrogen) atoms. The molecule has 0 bridgehead atoms. The molecule has 0 spiro atoms. The highest BCUT2D eigenvalue weighted by Crippen LogP contribution is 2.45. The van der Waals surface area contributed by atoms with Crippen molar-refractivity contribution in [2.45, 2.75) is 52.9 Å². The molecule has 1 fully saturated rings. The van der Waals surface area contributed by atoms with E-state index < -0.39 is 5.97 Å². The third-order valence-electron chi connectivity index (χ3n) is 5.20. The zero-order valence-corrected chi connectivity index (χ0v) is 13.7. The Morgan fingerprint density at radius 3 is 2.29 bits per heavy atom. The molecule has 2 heteroatoms. The second-order valence-corrected chi connectivity index (χ2v) is 7.22. The van der Waals surface area contributed by atoms with Crippen molar-refractivity contribution in [1.29, 1.82) is 0 Å². The van der Waals surface area contributed by atoms with Crippen LogP contribution in [-0.2, 0) is 4.79 Å². The molecule has 1 aliphatic rings. The highest BCUT2D eigenvalue weighted by Gasteiger charge is 2.39. The molecule has 0 aromatic heterocycles. The van der Waals surface area contributed by atoms with E-state index in [2.05, 4.69) is 20.8 Å². The largest absolute Gasteiger partial charge is 0.481 e. The van der Waals surface area contributed by atoms with Crippen LogP contribution in [0.2, 0.25) is 0 Å². The Bertz CT molecular complexity index is 475. The van der Waals surface area contributed by atoms with Gasteiger partial charge in [-0.1, -0.05) is 57.0 Å². The van der Waals surface area contributed by atoms with Crippen molar-refractivity contribution >= 4 is 5.97 Å². The lowest BCUT2D eigenvalue weighted by molar-refractivity contribution is -0.141. The molecule has 1 aromatic rings. The first-order valence-electron chi connectivity index (χ1n) is 8.19. The highest BCUT2D eigenvalue weighted by molar-refractivity contribution is 5.76. The maximum absolute atomic E-state index is 12.0. The average Bonchev–Trinajstić information content (AvgIpc) is 2.40. The minimum absolute atomic E-state index is 0.258. The molecule has 0 saturated heterocycles. The molecule has 0 heterocycles. The Morgan fingerprint density at radius 2 is 1.76 bits per heavy atom. The maximum atomic E-state index is 12.0. The summed E-state index contributed by atoms with van der Waals surface area (Å²) < 4.78 is 0. The molecule has 0 amide bonds. The van der Waals surface area contributed by atoms with Crippen LogP contribution in [0.25, 0.3) is 0 Å². The van der Waals surface area contributed by atoms with Crippen LogP contribution in [0, 0.1) is 30.6 Å². The molecule has 4 atom stereocenters. The van der Waals surface area contributed by atoms with Gasteiger partial charge < -0.3 is 5.11 Å². The first-order valence-corrected chi connectivity index (χ1v) is 8.19. The van der Waals surface area contributed by atoms with Gasteiger partial charge >= 0.3 is 5.97 Å². The van der Waals surface area contributed by atoms with Crippen LogP contribution in [0.4, 0.5) is 0 Å². The number of benzene rings is 1. The van der Waals surface area contributed by atoms with E-state index in [0.29, 0.717) is 17.8 Å². The summed E-state index contributed by atoms with van der Waals surface area (Å²) in [6, 6.07) is 8.07. The first kappa shape index (κ1) is 16.1. The van der Waals surface area contributed by atoms with E-state index in [-0.39, 0.29) is 11.8 Å². The summed E-state index contributed by atoms with van der Waals surface area (Å²) in [6.45, 7) is 8.78. The molecule has 0 aliphatic heterocycles. The van der Waals surface area contributed by atoms with Crippen molar-refractivity contribution in [3.63, 3.8) is 0 Å². The quantitative estimate of drug-likeness (QED) is 0.858. The number of aliphatic carboxylic acids is 1. The van der Waals surface area contributed by atoms with Gasteiger partial charge in [0.25, 0.3) is 0 Å². The standard InChI is InChI=1S/C19H28O2/c1-12(2)16-10-7-14(4)11-17(16)18(19(20)21)15-8-5-13(3)6-9-15/h5-6,8-9,12,14,16-18H,7,10-11H2,1-4H3,(H,20,21)/t14-,16+,17-,18?/m1/s1. The SMILES string of the molecule is Cc1ccc(C(C(=O)O)[C@@H]2C[C@H](C)CC[C@H]2C(C)C)cc1. The summed E-state index contributed by atoms with van der Waals surface area (Å²) in [5.41, 5.74) is 2.15. The van der Waals surface area contributed by atoms with Crippen LogP contribution >= 0.6 is 0 Å². The van der Waals surface area contributed by atoms with Crippen molar-refractivity contribution < 1.29 is 9.90 Å². The fourth-order valence-electron chi connectivity index (χ4n) is 4.01. The smallest absolute Gasteiger partial charge is 0.311 e. The third kappa shape index (κ3) is 3.66. The zero-order valence-electron chi connectivity index (χ0n) is 13.7. The molecule has 1 N–H and O–H groups in total. The van der Waals surface area contributed by atoms with E-state index in [1.54, 1.807) is 0 Å². The molecule has 1 saturated carbocycles. The van der Waals surface area contributed by atoms with Crippen molar-refractivity contribution in [2.75, 3.05) is 0 Å². The molecule has 116 valence electrons. The van der Waals surface area contributed by atoms with Crippen molar-refractivity contribution in [3.05, 3.63) is 35.4 Å². The van der Waals surface area contributed by atoms with E-state index in [9.17, 15) is 9.90 Å². The Kier molecular flexibility index (Phi) is 5.08. The number of carboxylic acids is 1. The van der Waals surface area contributed by atoms with Gasteiger partial charge in [-0.05, 0) is 49.0 Å². The van der Waals surface area contributed by atoms with Crippen LogP contribution in [0.1, 0.15) is 57.1 Å². The average molecular weight is 288 g/mol. The van der Waals surface area contributed by atoms with Crippen LogP contribution in [0.15, 0.2) is 24.3 Å².